The minimum Gasteiger partial charge on any atom is -0.494 e. The van der Waals surface area contributed by atoms with E-state index in [0.29, 0.717) is 18.8 Å². The van der Waals surface area contributed by atoms with Crippen molar-refractivity contribution in [2.24, 2.45) is 7.05 Å². The molecule has 5 nitrogen and oxygen atoms in total. The minimum absolute atomic E-state index is 0.168. The molecule has 1 amide bonds. The van der Waals surface area contributed by atoms with Gasteiger partial charge in [0.25, 0.3) is 5.91 Å². The van der Waals surface area contributed by atoms with Crippen molar-refractivity contribution in [3.63, 3.8) is 0 Å². The van der Waals surface area contributed by atoms with E-state index in [2.05, 4.69) is 17.3 Å². The molecule has 124 valence electrons. The molecule has 0 bridgehead atoms. The highest BCUT2D eigenvalue weighted by atomic mass is 16.5. The van der Waals surface area contributed by atoms with E-state index in [4.69, 9.17) is 4.74 Å². The van der Waals surface area contributed by atoms with Gasteiger partial charge < -0.3 is 10.1 Å². The van der Waals surface area contributed by atoms with Crippen LogP contribution >= 0.6 is 0 Å². The highest BCUT2D eigenvalue weighted by molar-refractivity contribution is 6.04. The summed E-state index contributed by atoms with van der Waals surface area (Å²) in [4.78, 5) is 12.4. The molecule has 0 unspecified atom stereocenters. The molecule has 0 spiro atoms. The number of carbonyl (C=O) groups excluding carboxylic acids is 1. The molecule has 5 heteroatoms. The third-order valence-corrected chi connectivity index (χ3v) is 3.82. The lowest BCUT2D eigenvalue weighted by molar-refractivity contribution is 0.0947. The van der Waals surface area contributed by atoms with Gasteiger partial charge in [0.1, 0.15) is 5.75 Å². The SMILES string of the molecule is CCCOc1ccc(CNC(=O)c2nn(C)c3ccccc23)cc1. The molecule has 2 aromatic carbocycles. The first kappa shape index (κ1) is 16.1. The number of ether oxygens (including phenoxy) is 1. The molecule has 0 aliphatic carbocycles. The van der Waals surface area contributed by atoms with Crippen molar-refractivity contribution in [1.29, 1.82) is 0 Å². The van der Waals surface area contributed by atoms with Gasteiger partial charge in [-0.3, -0.25) is 9.48 Å². The number of aromatic nitrogens is 2. The van der Waals surface area contributed by atoms with Crippen molar-refractivity contribution in [1.82, 2.24) is 15.1 Å². The minimum atomic E-state index is -0.168. The Morgan fingerprint density at radius 2 is 1.92 bits per heavy atom. The van der Waals surface area contributed by atoms with Crippen LogP contribution in [0.15, 0.2) is 48.5 Å². The lowest BCUT2D eigenvalue weighted by atomic mass is 10.2. The molecule has 1 heterocycles. The van der Waals surface area contributed by atoms with Crippen LogP contribution in [0.1, 0.15) is 29.4 Å². The predicted octanol–water partition coefficient (Wildman–Crippen LogP) is 3.29. The molecule has 0 saturated heterocycles. The normalized spacial score (nSPS) is 10.8. The summed E-state index contributed by atoms with van der Waals surface area (Å²) in [6.45, 7) is 3.24. The second-order valence-electron chi connectivity index (χ2n) is 5.66. The fourth-order valence-corrected chi connectivity index (χ4v) is 2.57. The van der Waals surface area contributed by atoms with Crippen LogP contribution in [0.2, 0.25) is 0 Å². The second kappa shape index (κ2) is 7.17. The predicted molar refractivity (Wildman–Crippen MR) is 94.1 cm³/mol. The smallest absolute Gasteiger partial charge is 0.272 e. The van der Waals surface area contributed by atoms with E-state index >= 15 is 0 Å². The number of hydrogen-bond donors (Lipinski definition) is 1. The number of para-hydroxylation sites is 1. The van der Waals surface area contributed by atoms with Crippen LogP contribution in [0.3, 0.4) is 0 Å². The summed E-state index contributed by atoms with van der Waals surface area (Å²) in [6.07, 6.45) is 0.982. The van der Waals surface area contributed by atoms with Gasteiger partial charge in [0.05, 0.1) is 12.1 Å². The third-order valence-electron chi connectivity index (χ3n) is 3.82. The molecule has 0 aliphatic rings. The zero-order chi connectivity index (χ0) is 16.9. The van der Waals surface area contributed by atoms with E-state index in [1.165, 1.54) is 0 Å². The Labute approximate surface area is 141 Å². The van der Waals surface area contributed by atoms with Crippen LogP contribution < -0.4 is 10.1 Å². The van der Waals surface area contributed by atoms with E-state index in [1.807, 2.05) is 55.6 Å². The van der Waals surface area contributed by atoms with E-state index < -0.39 is 0 Å². The van der Waals surface area contributed by atoms with E-state index in [1.54, 1.807) is 4.68 Å². The Morgan fingerprint density at radius 3 is 2.67 bits per heavy atom. The molecule has 0 radical (unpaired) electrons. The Kier molecular flexibility index (Phi) is 4.79. The van der Waals surface area contributed by atoms with Gasteiger partial charge >= 0.3 is 0 Å². The summed E-state index contributed by atoms with van der Waals surface area (Å²) < 4.78 is 7.28. The monoisotopic (exact) mass is 323 g/mol. The summed E-state index contributed by atoms with van der Waals surface area (Å²) in [5.74, 6) is 0.681. The van der Waals surface area contributed by atoms with Crippen LogP contribution in [0.4, 0.5) is 0 Å². The van der Waals surface area contributed by atoms with Crippen LogP contribution in [-0.4, -0.2) is 22.3 Å². The lowest BCUT2D eigenvalue weighted by Gasteiger charge is -2.07. The van der Waals surface area contributed by atoms with Gasteiger partial charge in [0.15, 0.2) is 5.69 Å². The van der Waals surface area contributed by atoms with Crippen LogP contribution in [0.25, 0.3) is 10.9 Å². The Balaban J connectivity index is 1.66. The number of carbonyl (C=O) groups is 1. The average molecular weight is 323 g/mol. The van der Waals surface area contributed by atoms with Gasteiger partial charge in [0, 0.05) is 19.0 Å². The van der Waals surface area contributed by atoms with Crippen LogP contribution in [-0.2, 0) is 13.6 Å². The second-order valence-corrected chi connectivity index (χ2v) is 5.66. The number of rotatable bonds is 6. The maximum absolute atomic E-state index is 12.4. The van der Waals surface area contributed by atoms with Gasteiger partial charge in [-0.2, -0.15) is 5.10 Å². The topological polar surface area (TPSA) is 56.1 Å². The standard InChI is InChI=1S/C19H21N3O2/c1-3-12-24-15-10-8-14(9-11-15)13-20-19(23)18-16-6-4-5-7-17(16)22(2)21-18/h4-11H,3,12-13H2,1-2H3,(H,20,23). The number of nitrogens with zero attached hydrogens (tertiary/aromatic N) is 2. The zero-order valence-corrected chi connectivity index (χ0v) is 14.0. The van der Waals surface area contributed by atoms with Crippen LogP contribution in [0.5, 0.6) is 5.75 Å². The number of amides is 1. The molecule has 3 rings (SSSR count). The third kappa shape index (κ3) is 3.40. The van der Waals surface area contributed by atoms with Gasteiger partial charge in [-0.15, -0.1) is 0 Å². The summed E-state index contributed by atoms with van der Waals surface area (Å²) in [6, 6.07) is 15.5. The maximum atomic E-state index is 12.4. The lowest BCUT2D eigenvalue weighted by Crippen LogP contribution is -2.23. The highest BCUT2D eigenvalue weighted by Crippen LogP contribution is 2.17. The van der Waals surface area contributed by atoms with Gasteiger partial charge in [-0.1, -0.05) is 37.3 Å². The molecule has 24 heavy (non-hydrogen) atoms. The Hall–Kier alpha value is -2.82. The first-order valence-electron chi connectivity index (χ1n) is 8.10. The Bertz CT molecular complexity index is 837. The van der Waals surface area contributed by atoms with Crippen molar-refractivity contribution in [2.75, 3.05) is 6.61 Å². The quantitative estimate of drug-likeness (QED) is 0.757. The maximum Gasteiger partial charge on any atom is 0.272 e. The van der Waals surface area contributed by atoms with Crippen molar-refractivity contribution >= 4 is 16.8 Å². The number of nitrogens with one attached hydrogen (secondary N) is 1. The highest BCUT2D eigenvalue weighted by Gasteiger charge is 2.15. The fraction of sp³-hybridized carbons (Fsp3) is 0.263. The molecule has 0 fully saturated rings. The van der Waals surface area contributed by atoms with Crippen LogP contribution in [0, 0.1) is 0 Å². The van der Waals surface area contributed by atoms with Crippen molar-refractivity contribution < 1.29 is 9.53 Å². The first-order chi connectivity index (χ1) is 11.7. The van der Waals surface area contributed by atoms with Gasteiger partial charge in [0.2, 0.25) is 0 Å². The summed E-state index contributed by atoms with van der Waals surface area (Å²) in [5.41, 5.74) is 2.42. The number of fused-ring (bicyclic) bond motifs is 1. The zero-order valence-electron chi connectivity index (χ0n) is 14.0. The molecule has 0 atom stereocenters. The van der Waals surface area contributed by atoms with Gasteiger partial charge in [-0.05, 0) is 30.2 Å². The molecule has 1 aromatic heterocycles. The first-order valence-corrected chi connectivity index (χ1v) is 8.10. The summed E-state index contributed by atoms with van der Waals surface area (Å²) >= 11 is 0. The van der Waals surface area contributed by atoms with Crippen molar-refractivity contribution in [2.45, 2.75) is 19.9 Å². The number of hydrogen-bond acceptors (Lipinski definition) is 3. The molecule has 3 aromatic rings. The van der Waals surface area contributed by atoms with E-state index in [-0.39, 0.29) is 5.91 Å². The number of aryl methyl sites for hydroxylation is 1. The molecule has 1 N–H and O–H groups in total. The molecular formula is C19H21N3O2. The summed E-state index contributed by atoms with van der Waals surface area (Å²) in [5, 5.41) is 8.12. The van der Waals surface area contributed by atoms with E-state index in [9.17, 15) is 4.79 Å². The van der Waals surface area contributed by atoms with Crippen molar-refractivity contribution in [3.8, 4) is 5.75 Å². The van der Waals surface area contributed by atoms with Crippen molar-refractivity contribution in [3.05, 3.63) is 59.8 Å². The molecule has 0 aliphatic heterocycles. The molecular weight excluding hydrogens is 302 g/mol. The summed E-state index contributed by atoms with van der Waals surface area (Å²) in [7, 11) is 1.84. The largest absolute Gasteiger partial charge is 0.494 e. The fourth-order valence-electron chi connectivity index (χ4n) is 2.57. The van der Waals surface area contributed by atoms with Gasteiger partial charge in [-0.25, -0.2) is 0 Å². The van der Waals surface area contributed by atoms with E-state index in [0.717, 1.165) is 28.6 Å². The number of benzene rings is 2. The molecule has 0 saturated carbocycles. The Morgan fingerprint density at radius 1 is 1.17 bits per heavy atom. The average Bonchev–Trinajstić information content (AvgIpc) is 2.96.